The molecule has 5 rings (SSSR count). The summed E-state index contributed by atoms with van der Waals surface area (Å²) in [5.41, 5.74) is 5.26. The molecule has 0 radical (unpaired) electrons. The molecule has 0 unspecified atom stereocenters. The van der Waals surface area contributed by atoms with Gasteiger partial charge in [0.05, 0.1) is 17.4 Å². The third kappa shape index (κ3) is 3.99. The first-order valence-corrected chi connectivity index (χ1v) is 12.6. The van der Waals surface area contributed by atoms with Crippen LogP contribution in [0.3, 0.4) is 0 Å². The molecule has 1 aromatic rings. The van der Waals surface area contributed by atoms with Crippen LogP contribution in [-0.4, -0.2) is 36.5 Å². The van der Waals surface area contributed by atoms with Gasteiger partial charge in [0.1, 0.15) is 6.61 Å². The van der Waals surface area contributed by atoms with E-state index in [9.17, 15) is 9.90 Å². The maximum atomic E-state index is 11.9. The van der Waals surface area contributed by atoms with Crippen molar-refractivity contribution in [1.82, 2.24) is 5.32 Å². The van der Waals surface area contributed by atoms with Crippen LogP contribution in [-0.2, 0) is 22.5 Å². The lowest BCUT2D eigenvalue weighted by Gasteiger charge is -2.60. The second kappa shape index (κ2) is 8.94. The van der Waals surface area contributed by atoms with Crippen molar-refractivity contribution in [3.05, 3.63) is 65.3 Å². The Bertz CT molecular complexity index is 1090. The number of hydrogen-bond acceptors (Lipinski definition) is 5. The number of ether oxygens (including phenoxy) is 1. The molecular formula is C29H36N2O3. The molecule has 4 aliphatic rings. The largest absolute Gasteiger partial charge is 0.458 e. The molecule has 0 bridgehead atoms. The van der Waals surface area contributed by atoms with Gasteiger partial charge in [-0.25, -0.2) is 4.79 Å². The molecular weight excluding hydrogens is 424 g/mol. The molecule has 2 saturated carbocycles. The number of fused-ring (bicyclic) bond motifs is 2. The third-order valence-electron chi connectivity index (χ3n) is 8.96. The number of esters is 1. The monoisotopic (exact) mass is 460 g/mol. The van der Waals surface area contributed by atoms with E-state index in [-0.39, 0.29) is 28.8 Å². The number of carbonyl (C=O) groups excluding carboxylic acids is 1. The van der Waals surface area contributed by atoms with Crippen LogP contribution in [0.1, 0.15) is 50.7 Å². The zero-order valence-electron chi connectivity index (χ0n) is 20.3. The summed E-state index contributed by atoms with van der Waals surface area (Å²) >= 11 is 0. The van der Waals surface area contributed by atoms with Gasteiger partial charge in [-0.2, -0.15) is 0 Å². The summed E-state index contributed by atoms with van der Waals surface area (Å²) < 4.78 is 5.06. The Morgan fingerprint density at radius 2 is 2.18 bits per heavy atom. The summed E-state index contributed by atoms with van der Waals surface area (Å²) in [6.45, 7) is 10.9. The van der Waals surface area contributed by atoms with E-state index in [4.69, 9.17) is 4.74 Å². The Labute approximate surface area is 202 Å². The van der Waals surface area contributed by atoms with Crippen molar-refractivity contribution in [2.24, 2.45) is 27.7 Å². The van der Waals surface area contributed by atoms with E-state index in [2.05, 4.69) is 55.0 Å². The highest BCUT2D eigenvalue weighted by atomic mass is 16.5. The Morgan fingerprint density at radius 3 is 2.97 bits per heavy atom. The average molecular weight is 461 g/mol. The SMILES string of the molecule is C=C1CC[C@@H]2[C@](C)(CNCc3ccc4c(c3)CC=N4)[C@H](O)CC[C@@]2(C)[C@@H]1/C=C/C1=CCOC1=O. The minimum Gasteiger partial charge on any atom is -0.458 e. The fourth-order valence-electron chi connectivity index (χ4n) is 6.98. The zero-order chi connectivity index (χ0) is 23.9. The van der Waals surface area contributed by atoms with E-state index < -0.39 is 0 Å². The first-order chi connectivity index (χ1) is 16.3. The van der Waals surface area contributed by atoms with E-state index >= 15 is 0 Å². The van der Waals surface area contributed by atoms with Crippen LogP contribution >= 0.6 is 0 Å². The lowest BCUT2D eigenvalue weighted by atomic mass is 9.46. The number of aliphatic hydroxyl groups is 1. The molecule has 5 atom stereocenters. The number of aliphatic hydroxyl groups excluding tert-OH is 1. The van der Waals surface area contributed by atoms with Gasteiger partial charge >= 0.3 is 5.97 Å². The van der Waals surface area contributed by atoms with E-state index in [1.165, 1.54) is 16.7 Å². The van der Waals surface area contributed by atoms with Gasteiger partial charge in [0.25, 0.3) is 0 Å². The third-order valence-corrected chi connectivity index (χ3v) is 8.96. The fraction of sp³-hybridized carbons (Fsp3) is 0.517. The van der Waals surface area contributed by atoms with Crippen LogP contribution in [0.4, 0.5) is 5.69 Å². The molecule has 2 fully saturated rings. The molecule has 0 saturated heterocycles. The van der Waals surface area contributed by atoms with Gasteiger partial charge in [-0.1, -0.05) is 50.3 Å². The van der Waals surface area contributed by atoms with Crippen molar-refractivity contribution >= 4 is 17.9 Å². The van der Waals surface area contributed by atoms with Crippen LogP contribution in [0.5, 0.6) is 0 Å². The lowest BCUT2D eigenvalue weighted by molar-refractivity contribution is -0.135. The second-order valence-electron chi connectivity index (χ2n) is 11.0. The Hall–Kier alpha value is -2.50. The van der Waals surface area contributed by atoms with E-state index in [0.717, 1.165) is 50.9 Å². The summed E-state index contributed by atoms with van der Waals surface area (Å²) in [7, 11) is 0. The van der Waals surface area contributed by atoms with Gasteiger partial charge in [-0.05, 0) is 60.3 Å². The number of aliphatic imine (C=N–C) groups is 1. The molecule has 34 heavy (non-hydrogen) atoms. The topological polar surface area (TPSA) is 70.9 Å². The number of benzene rings is 1. The normalized spacial score (nSPS) is 34.8. The van der Waals surface area contributed by atoms with Crippen LogP contribution in [0, 0.1) is 22.7 Å². The van der Waals surface area contributed by atoms with E-state index in [1.54, 1.807) is 0 Å². The summed E-state index contributed by atoms with van der Waals surface area (Å²) in [6, 6.07) is 6.49. The number of carbonyl (C=O) groups is 1. The predicted molar refractivity (Wildman–Crippen MR) is 135 cm³/mol. The molecule has 1 aromatic carbocycles. The number of nitrogens with one attached hydrogen (secondary N) is 1. The van der Waals surface area contributed by atoms with E-state index in [0.29, 0.717) is 18.1 Å². The van der Waals surface area contributed by atoms with Crippen LogP contribution in [0.15, 0.2) is 59.1 Å². The Kier molecular flexibility index (Phi) is 6.11. The number of rotatable bonds is 6. The van der Waals surface area contributed by atoms with Crippen molar-refractivity contribution in [2.75, 3.05) is 13.2 Å². The minimum absolute atomic E-state index is 0.00449. The van der Waals surface area contributed by atoms with Crippen LogP contribution in [0.25, 0.3) is 0 Å². The average Bonchev–Trinajstić information content (AvgIpc) is 3.44. The minimum atomic E-state index is -0.338. The van der Waals surface area contributed by atoms with Gasteiger partial charge < -0.3 is 15.2 Å². The smallest absolute Gasteiger partial charge is 0.338 e. The molecule has 0 aromatic heterocycles. The highest BCUT2D eigenvalue weighted by Crippen LogP contribution is 2.61. The standard InChI is InChI=1S/C29H36N2O3/c1-19-4-9-25-28(2,23(19)7-6-21-12-15-34-27(21)33)13-10-26(32)29(25,3)18-30-17-20-5-8-24-22(16-20)11-14-31-24/h5-8,12,14,16,23,25-26,30,32H,1,4,9-11,13,15,17-18H2,2-3H3/b7-6+/t23-,25+,26-,28+,29+/m1/s1. The fourth-order valence-corrected chi connectivity index (χ4v) is 6.98. The van der Waals surface area contributed by atoms with Crippen molar-refractivity contribution in [3.63, 3.8) is 0 Å². The number of hydrogen-bond donors (Lipinski definition) is 2. The lowest BCUT2D eigenvalue weighted by Crippen LogP contribution is -2.58. The van der Waals surface area contributed by atoms with Crippen LogP contribution in [0.2, 0.25) is 0 Å². The molecule has 2 N–H and O–H groups in total. The summed E-state index contributed by atoms with van der Waals surface area (Å²) in [6.07, 6.45) is 12.2. The highest BCUT2D eigenvalue weighted by molar-refractivity contribution is 5.93. The van der Waals surface area contributed by atoms with Gasteiger partial charge in [-0.3, -0.25) is 4.99 Å². The zero-order valence-corrected chi connectivity index (χ0v) is 20.3. The molecule has 2 aliphatic heterocycles. The van der Waals surface area contributed by atoms with Gasteiger partial charge in [0, 0.05) is 37.1 Å². The van der Waals surface area contributed by atoms with Gasteiger partial charge in [0.2, 0.25) is 0 Å². The molecule has 5 heteroatoms. The number of allylic oxidation sites excluding steroid dienone is 2. The van der Waals surface area contributed by atoms with Crippen LogP contribution < -0.4 is 5.32 Å². The Balaban J connectivity index is 1.32. The van der Waals surface area contributed by atoms with Gasteiger partial charge in [0.15, 0.2) is 0 Å². The number of nitrogens with zero attached hydrogens (tertiary/aromatic N) is 1. The summed E-state index contributed by atoms with van der Waals surface area (Å²) in [4.78, 5) is 16.3. The second-order valence-corrected chi connectivity index (χ2v) is 11.0. The van der Waals surface area contributed by atoms with E-state index in [1.807, 2.05) is 18.4 Å². The highest BCUT2D eigenvalue weighted by Gasteiger charge is 2.57. The molecule has 5 nitrogen and oxygen atoms in total. The van der Waals surface area contributed by atoms with Crippen molar-refractivity contribution < 1.29 is 14.6 Å². The summed E-state index contributed by atoms with van der Waals surface area (Å²) in [5.74, 6) is 0.295. The Morgan fingerprint density at radius 1 is 1.32 bits per heavy atom. The molecule has 0 amide bonds. The first kappa shape index (κ1) is 23.3. The summed E-state index contributed by atoms with van der Waals surface area (Å²) in [5, 5.41) is 14.9. The van der Waals surface area contributed by atoms with Gasteiger partial charge in [-0.15, -0.1) is 0 Å². The van der Waals surface area contributed by atoms with Crippen molar-refractivity contribution in [2.45, 2.75) is 58.6 Å². The molecule has 2 aliphatic carbocycles. The molecule has 0 spiro atoms. The quantitative estimate of drug-likeness (QED) is 0.472. The van der Waals surface area contributed by atoms with Crippen molar-refractivity contribution in [3.8, 4) is 0 Å². The number of cyclic esters (lactones) is 1. The molecule has 180 valence electrons. The van der Waals surface area contributed by atoms with Crippen molar-refractivity contribution in [1.29, 1.82) is 0 Å². The maximum absolute atomic E-state index is 11.9. The molecule has 2 heterocycles. The maximum Gasteiger partial charge on any atom is 0.338 e. The first-order valence-electron chi connectivity index (χ1n) is 12.6. The predicted octanol–water partition coefficient (Wildman–Crippen LogP) is 4.82.